The minimum absolute atomic E-state index is 0.208. The number of thiol groups is 1. The molecule has 0 atom stereocenters. The molecule has 0 aliphatic rings. The van der Waals surface area contributed by atoms with E-state index in [-0.39, 0.29) is 4.90 Å². The summed E-state index contributed by atoms with van der Waals surface area (Å²) in [5.74, 6) is 0. The Kier molecular flexibility index (Phi) is 2.76. The van der Waals surface area contributed by atoms with E-state index < -0.39 is 10.0 Å². The quantitative estimate of drug-likeness (QED) is 0.731. The largest absolute Gasteiger partial charge is 0.442 e. The van der Waals surface area contributed by atoms with Gasteiger partial charge in [0.15, 0.2) is 0 Å². The predicted molar refractivity (Wildman–Crippen MR) is 49.5 cm³/mol. The molecule has 0 saturated heterocycles. The first-order chi connectivity index (χ1) is 5.58. The molecule has 0 fully saturated rings. The molecular weight excluding hydrogens is 194 g/mol. The lowest BCUT2D eigenvalue weighted by Gasteiger charge is -1.94. The van der Waals surface area contributed by atoms with Gasteiger partial charge in [-0.2, -0.15) is 8.42 Å². The van der Waals surface area contributed by atoms with Crippen LogP contribution in [0.4, 0.5) is 0 Å². The standard InChI is InChI=1S/C7H8NO2S2/c1-6-4-2-3-5-7(6)12(9,10)8-11/h2-5,11H,1H3/q+1. The number of benzene rings is 1. The zero-order chi connectivity index (χ0) is 9.19. The summed E-state index contributed by atoms with van der Waals surface area (Å²) in [5.41, 5.74) is 0.676. The molecule has 3 nitrogen and oxygen atoms in total. The number of nitrogens with zero attached hydrogens (tertiary/aromatic N) is 1. The molecule has 1 aromatic rings. The highest BCUT2D eigenvalue weighted by atomic mass is 32.3. The molecule has 0 spiro atoms. The van der Waals surface area contributed by atoms with Crippen LogP contribution in [0.2, 0.25) is 0 Å². The fourth-order valence-electron chi connectivity index (χ4n) is 0.890. The Labute approximate surface area is 77.4 Å². The number of hydrogen-bond donors (Lipinski definition) is 1. The van der Waals surface area contributed by atoms with Crippen molar-refractivity contribution in [2.45, 2.75) is 11.8 Å². The number of rotatable bonds is 2. The van der Waals surface area contributed by atoms with Crippen LogP contribution in [0.15, 0.2) is 29.2 Å². The SMILES string of the molecule is Cc1ccccc1S(=O)(=O)[N+]S. The van der Waals surface area contributed by atoms with Gasteiger partial charge in [0.2, 0.25) is 12.8 Å². The molecule has 0 unspecified atom stereocenters. The molecule has 0 aliphatic heterocycles. The topological polar surface area (TPSA) is 48.2 Å². The Morgan fingerprint density at radius 1 is 1.33 bits per heavy atom. The van der Waals surface area contributed by atoms with Gasteiger partial charge in [-0.05, 0) is 18.6 Å². The van der Waals surface area contributed by atoms with Crippen LogP contribution in [0.3, 0.4) is 0 Å². The third-order valence-electron chi connectivity index (χ3n) is 1.48. The molecule has 0 aromatic heterocycles. The highest BCUT2D eigenvalue weighted by Crippen LogP contribution is 2.14. The zero-order valence-electron chi connectivity index (χ0n) is 6.43. The molecule has 5 heteroatoms. The van der Waals surface area contributed by atoms with E-state index in [2.05, 4.69) is 16.9 Å². The van der Waals surface area contributed by atoms with Crippen LogP contribution in [0, 0.1) is 6.92 Å². The van der Waals surface area contributed by atoms with Gasteiger partial charge < -0.3 is 0 Å². The van der Waals surface area contributed by atoms with E-state index in [1.54, 1.807) is 25.1 Å². The Bertz CT molecular complexity index is 373. The molecule has 0 aliphatic carbocycles. The van der Waals surface area contributed by atoms with Crippen LogP contribution in [-0.4, -0.2) is 8.42 Å². The molecule has 0 heterocycles. The van der Waals surface area contributed by atoms with E-state index in [1.165, 1.54) is 6.07 Å². The number of aryl methyl sites for hydroxylation is 1. The molecular formula is C7H8NO2S2+. The van der Waals surface area contributed by atoms with Crippen molar-refractivity contribution in [3.8, 4) is 0 Å². The van der Waals surface area contributed by atoms with Crippen molar-refractivity contribution >= 4 is 22.8 Å². The van der Waals surface area contributed by atoms with Gasteiger partial charge in [0.25, 0.3) is 4.13 Å². The average molecular weight is 202 g/mol. The van der Waals surface area contributed by atoms with E-state index >= 15 is 0 Å². The molecule has 0 saturated carbocycles. The molecule has 0 N–H and O–H groups in total. The molecule has 0 amide bonds. The first-order valence-corrected chi connectivity index (χ1v) is 5.09. The van der Waals surface area contributed by atoms with Crippen molar-refractivity contribution in [2.75, 3.05) is 0 Å². The number of sulfonamides is 1. The second-order valence-corrected chi connectivity index (χ2v) is 4.37. The maximum Gasteiger partial charge on any atom is 0.442 e. The third kappa shape index (κ3) is 1.80. The van der Waals surface area contributed by atoms with Gasteiger partial charge in [0, 0.05) is 0 Å². The van der Waals surface area contributed by atoms with Gasteiger partial charge in [0.05, 0.1) is 0 Å². The van der Waals surface area contributed by atoms with E-state index in [0.717, 1.165) is 0 Å². The van der Waals surface area contributed by atoms with Crippen molar-refractivity contribution < 1.29 is 8.42 Å². The van der Waals surface area contributed by atoms with Crippen LogP contribution < -0.4 is 4.13 Å². The van der Waals surface area contributed by atoms with Crippen molar-refractivity contribution in [3.05, 3.63) is 29.8 Å². The van der Waals surface area contributed by atoms with E-state index in [0.29, 0.717) is 5.56 Å². The van der Waals surface area contributed by atoms with Crippen LogP contribution in [-0.2, 0) is 10.0 Å². The normalized spacial score (nSPS) is 11.5. The van der Waals surface area contributed by atoms with Crippen molar-refractivity contribution in [1.82, 2.24) is 4.13 Å². The van der Waals surface area contributed by atoms with Crippen molar-refractivity contribution in [3.63, 3.8) is 0 Å². The van der Waals surface area contributed by atoms with E-state index in [9.17, 15) is 8.42 Å². The van der Waals surface area contributed by atoms with Gasteiger partial charge in [-0.3, -0.25) is 0 Å². The Hall–Kier alpha value is -0.520. The maximum absolute atomic E-state index is 11.2. The highest BCUT2D eigenvalue weighted by Gasteiger charge is 2.27. The fourth-order valence-corrected chi connectivity index (χ4v) is 1.97. The Morgan fingerprint density at radius 3 is 2.42 bits per heavy atom. The summed E-state index contributed by atoms with van der Waals surface area (Å²) in [5, 5.41) is 0. The summed E-state index contributed by atoms with van der Waals surface area (Å²) in [6.07, 6.45) is 0. The predicted octanol–water partition coefficient (Wildman–Crippen LogP) is 1.13. The lowest BCUT2D eigenvalue weighted by Crippen LogP contribution is -2.08. The Balaban J connectivity index is 3.30. The second kappa shape index (κ2) is 3.47. The summed E-state index contributed by atoms with van der Waals surface area (Å²) in [4.78, 5) is 0.208. The summed E-state index contributed by atoms with van der Waals surface area (Å²) >= 11 is 3.40. The molecule has 2 radical (unpaired) electrons. The fraction of sp³-hybridized carbons (Fsp3) is 0.143. The molecule has 64 valence electrons. The molecule has 0 bridgehead atoms. The summed E-state index contributed by atoms with van der Waals surface area (Å²) in [6, 6.07) is 6.64. The minimum atomic E-state index is -3.54. The molecule has 1 aromatic carbocycles. The highest BCUT2D eigenvalue weighted by molar-refractivity contribution is 8.00. The van der Waals surface area contributed by atoms with Crippen molar-refractivity contribution in [2.24, 2.45) is 0 Å². The van der Waals surface area contributed by atoms with Crippen LogP contribution >= 0.6 is 12.8 Å². The minimum Gasteiger partial charge on any atom is -0.156 e. The van der Waals surface area contributed by atoms with Gasteiger partial charge in [-0.25, -0.2) is 0 Å². The summed E-state index contributed by atoms with van der Waals surface area (Å²) in [6.45, 7) is 1.71. The molecule has 1 rings (SSSR count). The van der Waals surface area contributed by atoms with Crippen LogP contribution in [0.5, 0.6) is 0 Å². The monoisotopic (exact) mass is 202 g/mol. The first-order valence-electron chi connectivity index (χ1n) is 3.25. The van der Waals surface area contributed by atoms with Gasteiger partial charge in [0.1, 0.15) is 4.90 Å². The lowest BCUT2D eigenvalue weighted by atomic mass is 10.2. The van der Waals surface area contributed by atoms with E-state index in [4.69, 9.17) is 0 Å². The van der Waals surface area contributed by atoms with Crippen LogP contribution in [0.25, 0.3) is 0 Å². The third-order valence-corrected chi connectivity index (χ3v) is 3.35. The first kappa shape index (κ1) is 9.57. The summed E-state index contributed by atoms with van der Waals surface area (Å²) in [7, 11) is -3.54. The van der Waals surface area contributed by atoms with Gasteiger partial charge in [-0.1, -0.05) is 18.2 Å². The van der Waals surface area contributed by atoms with Crippen LogP contribution in [0.1, 0.15) is 5.56 Å². The lowest BCUT2D eigenvalue weighted by molar-refractivity contribution is 0.593. The Morgan fingerprint density at radius 2 is 1.92 bits per heavy atom. The number of hydrogen-bond acceptors (Lipinski definition) is 3. The summed E-state index contributed by atoms with van der Waals surface area (Å²) < 4.78 is 25.4. The molecule has 12 heavy (non-hydrogen) atoms. The smallest absolute Gasteiger partial charge is 0.156 e. The van der Waals surface area contributed by atoms with Gasteiger partial charge in [-0.15, -0.1) is 0 Å². The zero-order valence-corrected chi connectivity index (χ0v) is 8.14. The average Bonchev–Trinajstić information content (AvgIpc) is 2.05. The maximum atomic E-state index is 11.2. The van der Waals surface area contributed by atoms with Gasteiger partial charge >= 0.3 is 10.0 Å². The van der Waals surface area contributed by atoms with E-state index in [1.807, 2.05) is 0 Å². The van der Waals surface area contributed by atoms with Crippen molar-refractivity contribution in [1.29, 1.82) is 0 Å². The second-order valence-electron chi connectivity index (χ2n) is 2.32.